The fourth-order valence-electron chi connectivity index (χ4n) is 1.62. The lowest BCUT2D eigenvalue weighted by Crippen LogP contribution is -2.52. The predicted molar refractivity (Wildman–Crippen MR) is 51.8 cm³/mol. The monoisotopic (exact) mass is 197 g/mol. The summed E-state index contributed by atoms with van der Waals surface area (Å²) in [4.78, 5) is 21.4. The molecule has 1 saturated carbocycles. The Kier molecular flexibility index (Phi) is 3.28. The molecule has 0 aliphatic heterocycles. The van der Waals surface area contributed by atoms with E-state index in [9.17, 15) is 9.59 Å². The first-order valence-corrected chi connectivity index (χ1v) is 4.81. The van der Waals surface area contributed by atoms with Gasteiger partial charge in [-0.15, -0.1) is 0 Å². The summed E-state index contributed by atoms with van der Waals surface area (Å²) in [6.07, 6.45) is 5.96. The lowest BCUT2D eigenvalue weighted by Gasteiger charge is -2.41. The molecule has 0 heterocycles. The fraction of sp³-hybridized carbons (Fsp3) is 0.600. The molecule has 4 heteroatoms. The van der Waals surface area contributed by atoms with Crippen LogP contribution in [0.4, 0.5) is 0 Å². The highest BCUT2D eigenvalue weighted by molar-refractivity contribution is 5.94. The van der Waals surface area contributed by atoms with Crippen molar-refractivity contribution in [1.82, 2.24) is 5.32 Å². The van der Waals surface area contributed by atoms with Crippen molar-refractivity contribution in [2.45, 2.75) is 38.1 Å². The highest BCUT2D eigenvalue weighted by Gasteiger charge is 2.35. The number of rotatable bonds is 4. The van der Waals surface area contributed by atoms with Crippen LogP contribution in [0.5, 0.6) is 0 Å². The SMILES string of the molecule is CCC1(NC(=O)/C=C/C(=O)O)CCC1. The Morgan fingerprint density at radius 1 is 1.43 bits per heavy atom. The zero-order valence-electron chi connectivity index (χ0n) is 8.25. The number of carboxylic acids is 1. The van der Waals surface area contributed by atoms with Gasteiger partial charge in [-0.05, 0) is 25.7 Å². The van der Waals surface area contributed by atoms with Gasteiger partial charge in [0.05, 0.1) is 0 Å². The molecule has 0 spiro atoms. The number of carbonyl (C=O) groups excluding carboxylic acids is 1. The first-order chi connectivity index (χ1) is 6.58. The van der Waals surface area contributed by atoms with Crippen LogP contribution in [0.1, 0.15) is 32.6 Å². The van der Waals surface area contributed by atoms with E-state index >= 15 is 0 Å². The van der Waals surface area contributed by atoms with E-state index < -0.39 is 5.97 Å². The molecule has 4 nitrogen and oxygen atoms in total. The molecule has 1 aliphatic rings. The molecular weight excluding hydrogens is 182 g/mol. The van der Waals surface area contributed by atoms with Crippen LogP contribution in [0.15, 0.2) is 12.2 Å². The standard InChI is InChI=1S/C10H15NO3/c1-2-10(6-3-7-10)11-8(12)4-5-9(13)14/h4-5H,2-3,6-7H2,1H3,(H,11,12)(H,13,14)/b5-4+. The van der Waals surface area contributed by atoms with Crippen molar-refractivity contribution < 1.29 is 14.7 Å². The third-order valence-electron chi connectivity index (χ3n) is 2.75. The molecular formula is C10H15NO3. The number of hydrogen-bond donors (Lipinski definition) is 2. The van der Waals surface area contributed by atoms with Crippen LogP contribution in [0.3, 0.4) is 0 Å². The molecule has 2 N–H and O–H groups in total. The molecule has 0 aromatic heterocycles. The van der Waals surface area contributed by atoms with E-state index in [2.05, 4.69) is 5.32 Å². The molecule has 0 bridgehead atoms. The van der Waals surface area contributed by atoms with Crippen LogP contribution < -0.4 is 5.32 Å². The number of carbonyl (C=O) groups is 2. The number of aliphatic carboxylic acids is 1. The van der Waals surface area contributed by atoms with Gasteiger partial charge in [0.15, 0.2) is 0 Å². The van der Waals surface area contributed by atoms with Gasteiger partial charge >= 0.3 is 5.97 Å². The number of nitrogens with one attached hydrogen (secondary N) is 1. The Labute approximate surface area is 83.0 Å². The summed E-state index contributed by atoms with van der Waals surface area (Å²) >= 11 is 0. The first kappa shape index (κ1) is 10.8. The van der Waals surface area contributed by atoms with Gasteiger partial charge in [-0.1, -0.05) is 6.92 Å². The highest BCUT2D eigenvalue weighted by atomic mass is 16.4. The van der Waals surface area contributed by atoms with Gasteiger partial charge in [0.1, 0.15) is 0 Å². The van der Waals surface area contributed by atoms with Crippen molar-refractivity contribution in [2.24, 2.45) is 0 Å². The topological polar surface area (TPSA) is 66.4 Å². The third-order valence-corrected chi connectivity index (χ3v) is 2.75. The van der Waals surface area contributed by atoms with Crippen molar-refractivity contribution in [3.63, 3.8) is 0 Å². The van der Waals surface area contributed by atoms with E-state index in [0.29, 0.717) is 0 Å². The lowest BCUT2D eigenvalue weighted by molar-refractivity contribution is -0.131. The average molecular weight is 197 g/mol. The van der Waals surface area contributed by atoms with Crippen molar-refractivity contribution in [3.8, 4) is 0 Å². The quantitative estimate of drug-likeness (QED) is 0.662. The Morgan fingerprint density at radius 3 is 2.43 bits per heavy atom. The molecule has 0 atom stereocenters. The molecule has 14 heavy (non-hydrogen) atoms. The largest absolute Gasteiger partial charge is 0.478 e. The summed E-state index contributed by atoms with van der Waals surface area (Å²) in [5.74, 6) is -1.41. The normalized spacial score (nSPS) is 18.9. The second kappa shape index (κ2) is 4.26. The summed E-state index contributed by atoms with van der Waals surface area (Å²) in [7, 11) is 0. The summed E-state index contributed by atoms with van der Waals surface area (Å²) in [6, 6.07) is 0. The molecule has 0 unspecified atom stereocenters. The molecule has 0 saturated heterocycles. The van der Waals surface area contributed by atoms with Crippen LogP contribution in [-0.4, -0.2) is 22.5 Å². The maximum atomic E-state index is 11.3. The Bertz CT molecular complexity index is 261. The van der Waals surface area contributed by atoms with Crippen molar-refractivity contribution >= 4 is 11.9 Å². The number of carboxylic acid groups (broad SMARTS) is 1. The van der Waals surface area contributed by atoms with Crippen molar-refractivity contribution in [3.05, 3.63) is 12.2 Å². The maximum Gasteiger partial charge on any atom is 0.328 e. The van der Waals surface area contributed by atoms with Crippen molar-refractivity contribution in [2.75, 3.05) is 0 Å². The average Bonchev–Trinajstić information content (AvgIpc) is 2.08. The molecule has 78 valence electrons. The molecule has 0 aromatic carbocycles. The Morgan fingerprint density at radius 2 is 2.07 bits per heavy atom. The zero-order valence-corrected chi connectivity index (χ0v) is 8.25. The van der Waals surface area contributed by atoms with E-state index in [0.717, 1.165) is 37.8 Å². The molecule has 1 fully saturated rings. The molecule has 1 aliphatic carbocycles. The molecule has 0 aromatic rings. The molecule has 1 rings (SSSR count). The minimum Gasteiger partial charge on any atom is -0.478 e. The van der Waals surface area contributed by atoms with E-state index in [4.69, 9.17) is 5.11 Å². The van der Waals surface area contributed by atoms with Crippen LogP contribution >= 0.6 is 0 Å². The van der Waals surface area contributed by atoms with Gasteiger partial charge in [-0.25, -0.2) is 4.79 Å². The second-order valence-corrected chi connectivity index (χ2v) is 3.65. The minimum atomic E-state index is -1.10. The van der Waals surface area contributed by atoms with Gasteiger partial charge in [0.25, 0.3) is 0 Å². The summed E-state index contributed by atoms with van der Waals surface area (Å²) in [6.45, 7) is 2.03. The summed E-state index contributed by atoms with van der Waals surface area (Å²) in [5, 5.41) is 11.2. The second-order valence-electron chi connectivity index (χ2n) is 3.65. The van der Waals surface area contributed by atoms with E-state index in [1.54, 1.807) is 0 Å². The van der Waals surface area contributed by atoms with Gasteiger partial charge < -0.3 is 10.4 Å². The van der Waals surface area contributed by atoms with Crippen LogP contribution in [-0.2, 0) is 9.59 Å². The summed E-state index contributed by atoms with van der Waals surface area (Å²) in [5.41, 5.74) is -0.0695. The smallest absolute Gasteiger partial charge is 0.328 e. The Balaban J connectivity index is 2.43. The highest BCUT2D eigenvalue weighted by Crippen LogP contribution is 2.34. The van der Waals surface area contributed by atoms with Crippen LogP contribution in [0.2, 0.25) is 0 Å². The van der Waals surface area contributed by atoms with Gasteiger partial charge in [-0.3, -0.25) is 4.79 Å². The lowest BCUT2D eigenvalue weighted by atomic mass is 9.75. The fourth-order valence-corrected chi connectivity index (χ4v) is 1.62. The molecule has 0 radical (unpaired) electrons. The van der Waals surface area contributed by atoms with Gasteiger partial charge in [0.2, 0.25) is 5.91 Å². The van der Waals surface area contributed by atoms with E-state index in [1.165, 1.54) is 0 Å². The maximum absolute atomic E-state index is 11.3. The zero-order chi connectivity index (χ0) is 10.6. The third kappa shape index (κ3) is 2.58. The number of amides is 1. The van der Waals surface area contributed by atoms with Crippen LogP contribution in [0.25, 0.3) is 0 Å². The van der Waals surface area contributed by atoms with E-state index in [-0.39, 0.29) is 11.4 Å². The van der Waals surface area contributed by atoms with Gasteiger partial charge in [0, 0.05) is 17.7 Å². The first-order valence-electron chi connectivity index (χ1n) is 4.81. The summed E-state index contributed by atoms with van der Waals surface area (Å²) < 4.78 is 0. The molecule has 1 amide bonds. The van der Waals surface area contributed by atoms with Gasteiger partial charge in [-0.2, -0.15) is 0 Å². The van der Waals surface area contributed by atoms with Crippen molar-refractivity contribution in [1.29, 1.82) is 0 Å². The van der Waals surface area contributed by atoms with E-state index in [1.807, 2.05) is 6.92 Å². The minimum absolute atomic E-state index is 0.0695. The number of hydrogen-bond acceptors (Lipinski definition) is 2. The van der Waals surface area contributed by atoms with Crippen LogP contribution in [0, 0.1) is 0 Å². The predicted octanol–water partition coefficient (Wildman–Crippen LogP) is 1.08. The Hall–Kier alpha value is -1.32.